The van der Waals surface area contributed by atoms with Gasteiger partial charge in [-0.2, -0.15) is 0 Å². The van der Waals surface area contributed by atoms with Crippen LogP contribution >= 0.6 is 11.3 Å². The molecule has 2 aromatic heterocycles. The molecule has 1 aliphatic heterocycles. The van der Waals surface area contributed by atoms with Gasteiger partial charge in [-0.25, -0.2) is 9.97 Å². The second kappa shape index (κ2) is 6.64. The normalized spacial score (nSPS) is 20.7. The van der Waals surface area contributed by atoms with Crippen molar-refractivity contribution in [2.45, 2.75) is 18.4 Å². The average molecular weight is 332 g/mol. The summed E-state index contributed by atoms with van der Waals surface area (Å²) in [4.78, 5) is 25.3. The van der Waals surface area contributed by atoms with E-state index in [2.05, 4.69) is 9.97 Å². The van der Waals surface area contributed by atoms with Gasteiger partial charge in [-0.1, -0.05) is 6.07 Å². The number of aliphatic hydroxyl groups is 1. The Balaban J connectivity index is 1.58. The molecule has 7 heteroatoms. The number of hydrogen-bond donors (Lipinski definition) is 1. The van der Waals surface area contributed by atoms with Crippen molar-refractivity contribution in [2.75, 3.05) is 31.6 Å². The number of aromatic nitrogens is 2. The minimum Gasteiger partial charge on any atom is -0.386 e. The van der Waals surface area contributed by atoms with Gasteiger partial charge in [-0.3, -0.25) is 4.79 Å². The zero-order valence-corrected chi connectivity index (χ0v) is 13.9. The summed E-state index contributed by atoms with van der Waals surface area (Å²) in [5.74, 6) is 0.645. The molecular weight excluding hydrogens is 312 g/mol. The molecule has 0 aliphatic carbocycles. The van der Waals surface area contributed by atoms with Gasteiger partial charge in [-0.05, 0) is 23.9 Å². The van der Waals surface area contributed by atoms with E-state index in [1.807, 2.05) is 22.4 Å². The fraction of sp³-hybridized carbons (Fsp3) is 0.438. The van der Waals surface area contributed by atoms with Gasteiger partial charge < -0.3 is 14.9 Å². The maximum Gasteiger partial charge on any atom is 0.227 e. The summed E-state index contributed by atoms with van der Waals surface area (Å²) >= 11 is 1.57. The van der Waals surface area contributed by atoms with Crippen LogP contribution in [0, 0.1) is 0 Å². The van der Waals surface area contributed by atoms with Crippen molar-refractivity contribution in [1.82, 2.24) is 14.9 Å². The second-order valence-electron chi connectivity index (χ2n) is 5.95. The fourth-order valence-corrected chi connectivity index (χ4v) is 3.53. The molecule has 1 aliphatic rings. The third kappa shape index (κ3) is 3.86. The Hall–Kier alpha value is -1.99. The highest BCUT2D eigenvalue weighted by Crippen LogP contribution is 2.25. The van der Waals surface area contributed by atoms with Crippen LogP contribution in [-0.2, 0) is 11.2 Å². The predicted octanol–water partition coefficient (Wildman–Crippen LogP) is 1.18. The van der Waals surface area contributed by atoms with Gasteiger partial charge in [0.25, 0.3) is 0 Å². The molecule has 0 radical (unpaired) electrons. The molecule has 0 aromatic carbocycles. The first-order valence-electron chi connectivity index (χ1n) is 7.56. The number of hydrogen-bond acceptors (Lipinski definition) is 6. The lowest BCUT2D eigenvalue weighted by Gasteiger charge is -2.29. The monoisotopic (exact) mass is 332 g/mol. The first-order chi connectivity index (χ1) is 11.1. The van der Waals surface area contributed by atoms with Crippen molar-refractivity contribution >= 4 is 23.2 Å². The third-order valence-electron chi connectivity index (χ3n) is 4.03. The molecule has 1 amide bonds. The summed E-state index contributed by atoms with van der Waals surface area (Å²) in [6, 6.07) is 5.66. The SMILES string of the molecule is CN(CC1(O)CCN(c2ncccn2)C1)C(=O)Cc1cccs1. The third-order valence-corrected chi connectivity index (χ3v) is 4.91. The van der Waals surface area contributed by atoms with Crippen LogP contribution < -0.4 is 4.90 Å². The summed E-state index contributed by atoms with van der Waals surface area (Å²) in [6.07, 6.45) is 4.37. The van der Waals surface area contributed by atoms with Crippen molar-refractivity contribution in [3.05, 3.63) is 40.8 Å². The van der Waals surface area contributed by atoms with Gasteiger partial charge >= 0.3 is 0 Å². The van der Waals surface area contributed by atoms with Crippen LogP contribution in [0.5, 0.6) is 0 Å². The summed E-state index contributed by atoms with van der Waals surface area (Å²) in [7, 11) is 1.75. The van der Waals surface area contributed by atoms with Crippen molar-refractivity contribution in [3.63, 3.8) is 0 Å². The van der Waals surface area contributed by atoms with Gasteiger partial charge in [-0.15, -0.1) is 11.3 Å². The van der Waals surface area contributed by atoms with Gasteiger partial charge in [0.1, 0.15) is 5.60 Å². The molecule has 1 saturated heterocycles. The standard InChI is InChI=1S/C16H20N4O2S/c1-19(14(21)10-13-4-2-9-23-13)11-16(22)5-8-20(12-16)15-17-6-3-7-18-15/h2-4,6-7,9,22H,5,8,10-12H2,1H3. The number of amides is 1. The summed E-state index contributed by atoms with van der Waals surface area (Å²) in [5, 5.41) is 12.7. The van der Waals surface area contributed by atoms with Gasteiger partial charge in [0.2, 0.25) is 11.9 Å². The lowest BCUT2D eigenvalue weighted by molar-refractivity contribution is -0.132. The maximum absolute atomic E-state index is 12.3. The Bertz CT molecular complexity index is 649. The molecule has 6 nitrogen and oxygen atoms in total. The largest absolute Gasteiger partial charge is 0.386 e. The number of thiophene rings is 1. The van der Waals surface area contributed by atoms with Gasteiger partial charge in [0.05, 0.1) is 19.5 Å². The Morgan fingerprint density at radius 1 is 1.43 bits per heavy atom. The Kier molecular flexibility index (Phi) is 4.58. The molecular formula is C16H20N4O2S. The van der Waals surface area contributed by atoms with Crippen LogP contribution in [0.2, 0.25) is 0 Å². The lowest BCUT2D eigenvalue weighted by atomic mass is 10.0. The first-order valence-corrected chi connectivity index (χ1v) is 8.44. The quantitative estimate of drug-likeness (QED) is 0.890. The Morgan fingerprint density at radius 2 is 2.22 bits per heavy atom. The molecule has 1 unspecified atom stereocenters. The highest BCUT2D eigenvalue weighted by molar-refractivity contribution is 7.10. The number of carbonyl (C=O) groups excluding carboxylic acids is 1. The topological polar surface area (TPSA) is 69.6 Å². The van der Waals surface area contributed by atoms with E-state index in [1.54, 1.807) is 41.7 Å². The molecule has 0 spiro atoms. The van der Waals surface area contributed by atoms with E-state index in [1.165, 1.54) is 0 Å². The first kappa shape index (κ1) is 15.9. The number of likely N-dealkylation sites (N-methyl/N-ethyl adjacent to an activating group) is 1. The van der Waals surface area contributed by atoms with E-state index in [4.69, 9.17) is 0 Å². The smallest absolute Gasteiger partial charge is 0.227 e. The van der Waals surface area contributed by atoms with Crippen molar-refractivity contribution < 1.29 is 9.90 Å². The zero-order valence-electron chi connectivity index (χ0n) is 13.1. The maximum atomic E-state index is 12.3. The second-order valence-corrected chi connectivity index (χ2v) is 6.98. The van der Waals surface area contributed by atoms with Crippen molar-refractivity contribution in [3.8, 4) is 0 Å². The van der Waals surface area contributed by atoms with Crippen LogP contribution in [-0.4, -0.2) is 58.2 Å². The Morgan fingerprint density at radius 3 is 2.91 bits per heavy atom. The molecule has 122 valence electrons. The van der Waals surface area contributed by atoms with Crippen molar-refractivity contribution in [2.24, 2.45) is 0 Å². The van der Waals surface area contributed by atoms with E-state index in [0.29, 0.717) is 38.4 Å². The number of β-amino-alcohol motifs (C(OH)–C–C–N with tert-alkyl or cyclic N) is 1. The van der Waals surface area contributed by atoms with E-state index in [-0.39, 0.29) is 5.91 Å². The minimum atomic E-state index is -0.918. The van der Waals surface area contributed by atoms with Gasteiger partial charge in [0.15, 0.2) is 0 Å². The van der Waals surface area contributed by atoms with Gasteiger partial charge in [0, 0.05) is 30.9 Å². The summed E-state index contributed by atoms with van der Waals surface area (Å²) in [5.41, 5.74) is -0.918. The summed E-state index contributed by atoms with van der Waals surface area (Å²) < 4.78 is 0. The lowest BCUT2D eigenvalue weighted by Crippen LogP contribution is -2.46. The number of nitrogens with zero attached hydrogens (tertiary/aromatic N) is 4. The summed E-state index contributed by atoms with van der Waals surface area (Å²) in [6.45, 7) is 1.45. The average Bonchev–Trinajstić information content (AvgIpc) is 3.18. The fourth-order valence-electron chi connectivity index (χ4n) is 2.84. The molecule has 0 bridgehead atoms. The molecule has 23 heavy (non-hydrogen) atoms. The van der Waals surface area contributed by atoms with E-state index in [9.17, 15) is 9.90 Å². The zero-order chi connectivity index (χ0) is 16.3. The molecule has 1 fully saturated rings. The molecule has 1 N–H and O–H groups in total. The van der Waals surface area contributed by atoms with Crippen LogP contribution in [0.25, 0.3) is 0 Å². The molecule has 2 aromatic rings. The highest BCUT2D eigenvalue weighted by atomic mass is 32.1. The van der Waals surface area contributed by atoms with Crippen LogP contribution in [0.3, 0.4) is 0 Å². The number of rotatable bonds is 5. The van der Waals surface area contributed by atoms with E-state index < -0.39 is 5.60 Å². The molecule has 0 saturated carbocycles. The van der Waals surface area contributed by atoms with Crippen LogP contribution in [0.15, 0.2) is 36.0 Å². The molecule has 3 rings (SSSR count). The molecule has 3 heterocycles. The van der Waals surface area contributed by atoms with Crippen molar-refractivity contribution in [1.29, 1.82) is 0 Å². The predicted molar refractivity (Wildman–Crippen MR) is 89.5 cm³/mol. The minimum absolute atomic E-state index is 0.0234. The van der Waals surface area contributed by atoms with E-state index in [0.717, 1.165) is 4.88 Å². The number of anilines is 1. The Labute approximate surface area is 139 Å². The van der Waals surface area contributed by atoms with Crippen LogP contribution in [0.4, 0.5) is 5.95 Å². The molecule has 1 atom stereocenters. The van der Waals surface area contributed by atoms with E-state index >= 15 is 0 Å². The number of carbonyl (C=O) groups is 1. The van der Waals surface area contributed by atoms with Crippen LogP contribution in [0.1, 0.15) is 11.3 Å². The highest BCUT2D eigenvalue weighted by Gasteiger charge is 2.38.